The smallest absolute Gasteiger partial charge is 0.419 e. The van der Waals surface area contributed by atoms with Crippen LogP contribution in [0.1, 0.15) is 42.4 Å². The third-order valence-electron chi connectivity index (χ3n) is 5.43. The highest BCUT2D eigenvalue weighted by Gasteiger charge is 2.35. The Balaban J connectivity index is 1.94. The van der Waals surface area contributed by atoms with E-state index < -0.39 is 36.6 Å². The first-order chi connectivity index (χ1) is 15.7. The van der Waals surface area contributed by atoms with Crippen molar-refractivity contribution in [2.24, 2.45) is 0 Å². The monoisotopic (exact) mass is 469 g/mol. The molecular weight excluding hydrogens is 439 g/mol. The van der Waals surface area contributed by atoms with Gasteiger partial charge in [-0.3, -0.25) is 0 Å². The number of benzene rings is 2. The lowest BCUT2D eigenvalue weighted by Gasteiger charge is -2.29. The number of hydrogen-bond acceptors (Lipinski definition) is 4. The number of aryl methyl sites for hydroxylation is 2. The van der Waals surface area contributed by atoms with Gasteiger partial charge in [0.2, 0.25) is 0 Å². The van der Waals surface area contributed by atoms with E-state index in [1.165, 1.54) is 17.7 Å². The van der Waals surface area contributed by atoms with Crippen LogP contribution in [-0.2, 0) is 19.0 Å². The zero-order valence-electron chi connectivity index (χ0n) is 18.3. The van der Waals surface area contributed by atoms with E-state index >= 15 is 0 Å². The lowest BCUT2D eigenvalue weighted by molar-refractivity contribution is -0.139. The lowest BCUT2D eigenvalue weighted by atomic mass is 9.92. The summed E-state index contributed by atoms with van der Waals surface area (Å²) < 4.78 is 46.1. The summed E-state index contributed by atoms with van der Waals surface area (Å²) in [4.78, 5) is 10.9. The fourth-order valence-corrected chi connectivity index (χ4v) is 3.47. The summed E-state index contributed by atoms with van der Waals surface area (Å²) in [5.74, 6) is -0.256. The number of alkyl halides is 3. The zero-order valence-corrected chi connectivity index (χ0v) is 18.3. The maximum Gasteiger partial charge on any atom is 0.419 e. The van der Waals surface area contributed by atoms with E-state index in [-0.39, 0.29) is 30.8 Å². The maximum atomic E-state index is 13.6. The summed E-state index contributed by atoms with van der Waals surface area (Å²) in [6.45, 7) is -1.21. The molecular formula is C24H30F3NO5. The number of amides is 1. The molecule has 0 bridgehead atoms. The molecule has 0 radical (unpaired) electrons. The lowest BCUT2D eigenvalue weighted by Crippen LogP contribution is -2.54. The van der Waals surface area contributed by atoms with Crippen molar-refractivity contribution in [3.63, 3.8) is 0 Å². The van der Waals surface area contributed by atoms with Gasteiger partial charge in [0, 0.05) is 0 Å². The minimum Gasteiger partial charge on any atom is -0.493 e. The van der Waals surface area contributed by atoms with Gasteiger partial charge in [-0.15, -0.1) is 0 Å². The Labute approximate surface area is 191 Å². The Morgan fingerprint density at radius 2 is 1.61 bits per heavy atom. The molecule has 0 heterocycles. The number of aliphatic hydroxyl groups excluding tert-OH is 2. The molecule has 6 nitrogen and oxygen atoms in total. The molecule has 0 saturated carbocycles. The quantitative estimate of drug-likeness (QED) is 0.326. The second kappa shape index (κ2) is 12.5. The number of rotatable bonds is 13. The molecule has 9 heteroatoms. The van der Waals surface area contributed by atoms with E-state index in [9.17, 15) is 28.2 Å². The van der Waals surface area contributed by atoms with Crippen LogP contribution in [0.5, 0.6) is 5.75 Å². The number of unbranched alkanes of at least 4 members (excludes halogenated alkanes) is 2. The van der Waals surface area contributed by atoms with E-state index in [2.05, 4.69) is 0 Å². The minimum atomic E-state index is -4.62. The predicted molar refractivity (Wildman–Crippen MR) is 117 cm³/mol. The van der Waals surface area contributed by atoms with Crippen molar-refractivity contribution in [1.82, 2.24) is 5.32 Å². The molecule has 0 unspecified atom stereocenters. The zero-order chi connectivity index (χ0) is 24.3. The van der Waals surface area contributed by atoms with E-state index in [0.717, 1.165) is 25.3 Å². The summed E-state index contributed by atoms with van der Waals surface area (Å²) in [6, 6.07) is 13.7. The Hall–Kier alpha value is -2.78. The Bertz CT molecular complexity index is 870. The molecule has 0 aliphatic carbocycles. The molecule has 0 fully saturated rings. The Morgan fingerprint density at radius 1 is 0.909 bits per heavy atom. The average molecular weight is 470 g/mol. The fourth-order valence-electron chi connectivity index (χ4n) is 3.47. The van der Waals surface area contributed by atoms with Crippen molar-refractivity contribution >= 4 is 6.09 Å². The summed E-state index contributed by atoms with van der Waals surface area (Å²) in [6.07, 6.45) is -2.85. The van der Waals surface area contributed by atoms with Crippen LogP contribution in [0.15, 0.2) is 48.5 Å². The van der Waals surface area contributed by atoms with Gasteiger partial charge in [0.15, 0.2) is 0 Å². The van der Waals surface area contributed by atoms with Crippen LogP contribution in [0.4, 0.5) is 18.0 Å². The van der Waals surface area contributed by atoms with Crippen molar-refractivity contribution in [3.8, 4) is 5.75 Å². The number of aliphatic hydroxyl groups is 2. The van der Waals surface area contributed by atoms with Crippen LogP contribution < -0.4 is 10.1 Å². The standard InChI is InChI=1S/C24H30F3NO5/c25-24(26,27)20-15-19(12-13-23(16-29,17-30)28-22(31)32)10-11-21(20)33-14-6-2-5-9-18-7-3-1-4-8-18/h1,3-4,7-8,10-11,15,28-30H,2,5-6,9,12-14,16-17H2,(H,31,32). The highest BCUT2D eigenvalue weighted by molar-refractivity contribution is 5.65. The summed E-state index contributed by atoms with van der Waals surface area (Å²) in [5, 5.41) is 29.9. The van der Waals surface area contributed by atoms with Crippen LogP contribution in [0.2, 0.25) is 0 Å². The van der Waals surface area contributed by atoms with Gasteiger partial charge < -0.3 is 25.4 Å². The van der Waals surface area contributed by atoms with Gasteiger partial charge in [0.05, 0.1) is 30.9 Å². The molecule has 0 aliphatic heterocycles. The van der Waals surface area contributed by atoms with Crippen LogP contribution in [0.25, 0.3) is 0 Å². The van der Waals surface area contributed by atoms with Crippen LogP contribution in [-0.4, -0.2) is 46.8 Å². The van der Waals surface area contributed by atoms with Gasteiger partial charge in [-0.2, -0.15) is 13.2 Å². The van der Waals surface area contributed by atoms with Gasteiger partial charge >= 0.3 is 12.3 Å². The molecule has 33 heavy (non-hydrogen) atoms. The molecule has 4 N–H and O–H groups in total. The molecule has 182 valence electrons. The first-order valence-corrected chi connectivity index (χ1v) is 10.8. The van der Waals surface area contributed by atoms with Crippen molar-refractivity contribution in [2.75, 3.05) is 19.8 Å². The SMILES string of the molecule is O=C(O)NC(CO)(CO)CCc1ccc(OCCCCCc2ccccc2)c(C(F)(F)F)c1. The molecule has 2 rings (SSSR count). The Kier molecular flexibility index (Phi) is 9.99. The maximum absolute atomic E-state index is 13.6. The van der Waals surface area contributed by atoms with Crippen LogP contribution in [0, 0.1) is 0 Å². The molecule has 1 amide bonds. The van der Waals surface area contributed by atoms with Gasteiger partial charge in [0.1, 0.15) is 5.75 Å². The third-order valence-corrected chi connectivity index (χ3v) is 5.43. The van der Waals surface area contributed by atoms with E-state index in [1.54, 1.807) is 0 Å². The van der Waals surface area contributed by atoms with Gasteiger partial charge in [-0.1, -0.05) is 36.4 Å². The van der Waals surface area contributed by atoms with Crippen molar-refractivity contribution in [1.29, 1.82) is 0 Å². The van der Waals surface area contributed by atoms with Crippen molar-refractivity contribution < 1.29 is 38.0 Å². The first kappa shape index (κ1) is 26.5. The molecule has 0 atom stereocenters. The second-order valence-electron chi connectivity index (χ2n) is 8.00. The number of carbonyl (C=O) groups is 1. The van der Waals surface area contributed by atoms with Crippen LogP contribution >= 0.6 is 0 Å². The number of halogens is 3. The number of ether oxygens (including phenoxy) is 1. The highest BCUT2D eigenvalue weighted by Crippen LogP contribution is 2.37. The molecule has 0 aliphatic rings. The molecule has 2 aromatic carbocycles. The molecule has 2 aromatic rings. The highest BCUT2D eigenvalue weighted by atomic mass is 19.4. The van der Waals surface area contributed by atoms with Crippen LogP contribution in [0.3, 0.4) is 0 Å². The van der Waals surface area contributed by atoms with E-state index in [0.29, 0.717) is 6.42 Å². The number of carboxylic acid groups (broad SMARTS) is 1. The van der Waals surface area contributed by atoms with Crippen molar-refractivity contribution in [3.05, 3.63) is 65.2 Å². The fraction of sp³-hybridized carbons (Fsp3) is 0.458. The topological polar surface area (TPSA) is 99.0 Å². The molecule has 0 saturated heterocycles. The number of hydrogen-bond donors (Lipinski definition) is 4. The second-order valence-corrected chi connectivity index (χ2v) is 8.00. The largest absolute Gasteiger partial charge is 0.493 e. The molecule has 0 spiro atoms. The van der Waals surface area contributed by atoms with E-state index in [1.807, 2.05) is 35.6 Å². The average Bonchev–Trinajstić information content (AvgIpc) is 2.79. The number of nitrogens with one attached hydrogen (secondary N) is 1. The minimum absolute atomic E-state index is 0.0181. The normalized spacial score (nSPS) is 11.9. The van der Waals surface area contributed by atoms with Gasteiger partial charge in [-0.25, -0.2) is 4.79 Å². The van der Waals surface area contributed by atoms with Gasteiger partial charge in [0.25, 0.3) is 0 Å². The third kappa shape index (κ3) is 8.58. The van der Waals surface area contributed by atoms with Crippen molar-refractivity contribution in [2.45, 2.75) is 50.2 Å². The molecule has 0 aromatic heterocycles. The first-order valence-electron chi connectivity index (χ1n) is 10.8. The Morgan fingerprint density at radius 3 is 2.21 bits per heavy atom. The summed E-state index contributed by atoms with van der Waals surface area (Å²) in [5.41, 5.74) is -0.942. The van der Waals surface area contributed by atoms with Gasteiger partial charge in [-0.05, 0) is 61.8 Å². The predicted octanol–water partition coefficient (Wildman–Crippen LogP) is 4.42. The van der Waals surface area contributed by atoms with E-state index in [4.69, 9.17) is 9.84 Å². The summed E-state index contributed by atoms with van der Waals surface area (Å²) in [7, 11) is 0. The summed E-state index contributed by atoms with van der Waals surface area (Å²) >= 11 is 0.